The first-order valence-corrected chi connectivity index (χ1v) is 7.52. The minimum absolute atomic E-state index is 0.0155. The van der Waals surface area contributed by atoms with E-state index in [2.05, 4.69) is 15.6 Å². The van der Waals surface area contributed by atoms with Gasteiger partial charge in [-0.2, -0.15) is 0 Å². The molecule has 26 heavy (non-hydrogen) atoms. The van der Waals surface area contributed by atoms with Crippen LogP contribution in [0.5, 0.6) is 0 Å². The predicted octanol–water partition coefficient (Wildman–Crippen LogP) is 3.49. The van der Waals surface area contributed by atoms with Gasteiger partial charge in [-0.25, -0.2) is 22.6 Å². The molecule has 0 aliphatic heterocycles. The van der Waals surface area contributed by atoms with Gasteiger partial charge in [0.2, 0.25) is 0 Å². The van der Waals surface area contributed by atoms with E-state index in [1.54, 1.807) is 0 Å². The Kier molecular flexibility index (Phi) is 5.16. The largest absolute Gasteiger partial charge is 0.443 e. The van der Waals surface area contributed by atoms with Gasteiger partial charge in [0.1, 0.15) is 18.1 Å². The Balaban J connectivity index is 1.54. The van der Waals surface area contributed by atoms with Gasteiger partial charge >= 0.3 is 6.09 Å². The second-order valence-corrected chi connectivity index (χ2v) is 5.33. The van der Waals surface area contributed by atoms with E-state index >= 15 is 0 Å². The van der Waals surface area contributed by atoms with Crippen LogP contribution >= 0.6 is 0 Å². The van der Waals surface area contributed by atoms with Gasteiger partial charge in [0.25, 0.3) is 0 Å². The molecule has 1 N–H and O–H groups in total. The molecule has 134 valence electrons. The zero-order chi connectivity index (χ0) is 18.5. The Labute approximate surface area is 146 Å². The number of nitrogens with one attached hydrogen (secondary N) is 1. The molecule has 0 fully saturated rings. The molecule has 1 amide bonds. The highest BCUT2D eigenvalue weighted by atomic mass is 19.2. The number of nitrogens with zero attached hydrogens (tertiary/aromatic N) is 3. The minimum atomic E-state index is -0.945. The van der Waals surface area contributed by atoms with Crippen LogP contribution < -0.4 is 5.32 Å². The Morgan fingerprint density at radius 3 is 2.65 bits per heavy atom. The molecule has 1 heterocycles. The van der Waals surface area contributed by atoms with Crippen LogP contribution in [0.4, 0.5) is 23.7 Å². The van der Waals surface area contributed by atoms with Crippen molar-refractivity contribution in [1.29, 1.82) is 0 Å². The van der Waals surface area contributed by atoms with Crippen molar-refractivity contribution in [3.63, 3.8) is 0 Å². The van der Waals surface area contributed by atoms with Crippen molar-refractivity contribution < 1.29 is 22.7 Å². The standard InChI is InChI=1S/C17H13F3N4O2/c18-12-4-6-13(7-5-12)21-17(25)26-10-14-9-24(23-22-14)8-11-2-1-3-15(19)16(11)20/h1-7,9H,8,10H2,(H,21,25). The summed E-state index contributed by atoms with van der Waals surface area (Å²) in [5.74, 6) is -2.31. The average Bonchev–Trinajstić information content (AvgIpc) is 3.07. The molecule has 0 unspecified atom stereocenters. The number of carbonyl (C=O) groups excluding carboxylic acids is 1. The molecule has 0 aliphatic carbocycles. The molecule has 0 saturated heterocycles. The Hall–Kier alpha value is -3.36. The molecule has 6 nitrogen and oxygen atoms in total. The summed E-state index contributed by atoms with van der Waals surface area (Å²) in [6.07, 6.45) is 0.706. The van der Waals surface area contributed by atoms with Gasteiger partial charge in [0, 0.05) is 11.3 Å². The third kappa shape index (κ3) is 4.38. The third-order valence-corrected chi connectivity index (χ3v) is 3.39. The van der Waals surface area contributed by atoms with Crippen molar-refractivity contribution >= 4 is 11.8 Å². The lowest BCUT2D eigenvalue weighted by atomic mass is 10.2. The number of aromatic nitrogens is 3. The molecular formula is C17H13F3N4O2. The lowest BCUT2D eigenvalue weighted by molar-refractivity contribution is 0.153. The van der Waals surface area contributed by atoms with Gasteiger partial charge in [0.05, 0.1) is 12.7 Å². The molecule has 3 rings (SSSR count). The normalized spacial score (nSPS) is 10.6. The van der Waals surface area contributed by atoms with E-state index in [4.69, 9.17) is 4.74 Å². The van der Waals surface area contributed by atoms with Crippen LogP contribution in [-0.4, -0.2) is 21.1 Å². The molecule has 0 saturated carbocycles. The molecule has 1 aromatic heterocycles. The van der Waals surface area contributed by atoms with Crippen molar-refractivity contribution in [3.8, 4) is 0 Å². The first kappa shape index (κ1) is 17.5. The maximum absolute atomic E-state index is 13.6. The Bertz CT molecular complexity index is 913. The van der Waals surface area contributed by atoms with Gasteiger partial charge in [-0.3, -0.25) is 5.32 Å². The monoisotopic (exact) mass is 362 g/mol. The first-order valence-electron chi connectivity index (χ1n) is 7.52. The topological polar surface area (TPSA) is 69.0 Å². The molecule has 0 radical (unpaired) electrons. The highest BCUT2D eigenvalue weighted by molar-refractivity contribution is 5.84. The number of hydrogen-bond acceptors (Lipinski definition) is 4. The van der Waals surface area contributed by atoms with Crippen LogP contribution in [0.2, 0.25) is 0 Å². The number of rotatable bonds is 5. The summed E-state index contributed by atoms with van der Waals surface area (Å²) in [5, 5.41) is 10.0. The van der Waals surface area contributed by atoms with E-state index in [1.165, 1.54) is 47.3 Å². The predicted molar refractivity (Wildman–Crippen MR) is 85.7 cm³/mol. The van der Waals surface area contributed by atoms with Gasteiger partial charge in [0.15, 0.2) is 11.6 Å². The minimum Gasteiger partial charge on any atom is -0.443 e. The van der Waals surface area contributed by atoms with Crippen molar-refractivity contribution in [2.45, 2.75) is 13.2 Å². The van der Waals surface area contributed by atoms with Crippen LogP contribution in [0, 0.1) is 17.5 Å². The van der Waals surface area contributed by atoms with Gasteiger partial charge in [-0.15, -0.1) is 5.10 Å². The highest BCUT2D eigenvalue weighted by Gasteiger charge is 2.10. The van der Waals surface area contributed by atoms with E-state index in [-0.39, 0.29) is 18.7 Å². The zero-order valence-corrected chi connectivity index (χ0v) is 13.3. The molecule has 2 aromatic carbocycles. The van der Waals surface area contributed by atoms with Crippen molar-refractivity contribution in [3.05, 3.63) is 77.4 Å². The van der Waals surface area contributed by atoms with Crippen LogP contribution in [0.3, 0.4) is 0 Å². The second-order valence-electron chi connectivity index (χ2n) is 5.33. The number of anilines is 1. The summed E-state index contributed by atoms with van der Waals surface area (Å²) >= 11 is 0. The third-order valence-electron chi connectivity index (χ3n) is 3.39. The maximum atomic E-state index is 13.6. The summed E-state index contributed by atoms with van der Waals surface area (Å²) in [7, 11) is 0. The lowest BCUT2D eigenvalue weighted by Gasteiger charge is -2.05. The number of benzene rings is 2. The fourth-order valence-corrected chi connectivity index (χ4v) is 2.15. The number of amides is 1. The van der Waals surface area contributed by atoms with Crippen LogP contribution in [0.1, 0.15) is 11.3 Å². The molecule has 0 spiro atoms. The fraction of sp³-hybridized carbons (Fsp3) is 0.118. The first-order chi connectivity index (χ1) is 12.5. The van der Waals surface area contributed by atoms with E-state index in [0.29, 0.717) is 11.4 Å². The average molecular weight is 362 g/mol. The molecule has 3 aromatic rings. The number of carbonyl (C=O) groups is 1. The summed E-state index contributed by atoms with van der Waals surface area (Å²) < 4.78 is 45.9. The molecule has 0 aliphatic rings. The summed E-state index contributed by atoms with van der Waals surface area (Å²) in [5.41, 5.74) is 0.828. The molecule has 0 bridgehead atoms. The molecular weight excluding hydrogens is 349 g/mol. The molecule has 9 heteroatoms. The fourth-order valence-electron chi connectivity index (χ4n) is 2.15. The summed E-state index contributed by atoms with van der Waals surface area (Å²) in [6.45, 7) is -0.184. The molecule has 0 atom stereocenters. The van der Waals surface area contributed by atoms with Crippen LogP contribution in [0.25, 0.3) is 0 Å². The van der Waals surface area contributed by atoms with Crippen molar-refractivity contribution in [2.75, 3.05) is 5.32 Å². The van der Waals surface area contributed by atoms with Crippen molar-refractivity contribution in [1.82, 2.24) is 15.0 Å². The van der Waals surface area contributed by atoms with E-state index in [9.17, 15) is 18.0 Å². The maximum Gasteiger partial charge on any atom is 0.412 e. The Morgan fingerprint density at radius 2 is 1.88 bits per heavy atom. The van der Waals surface area contributed by atoms with Crippen LogP contribution in [0.15, 0.2) is 48.7 Å². The second kappa shape index (κ2) is 7.68. The summed E-state index contributed by atoms with van der Waals surface area (Å²) in [6, 6.07) is 9.04. The number of hydrogen-bond donors (Lipinski definition) is 1. The lowest BCUT2D eigenvalue weighted by Crippen LogP contribution is -2.13. The Morgan fingerprint density at radius 1 is 1.12 bits per heavy atom. The highest BCUT2D eigenvalue weighted by Crippen LogP contribution is 2.13. The van der Waals surface area contributed by atoms with Crippen molar-refractivity contribution in [2.24, 2.45) is 0 Å². The zero-order valence-electron chi connectivity index (χ0n) is 13.3. The SMILES string of the molecule is O=C(Nc1ccc(F)cc1)OCc1cn(Cc2cccc(F)c2F)nn1. The number of halogens is 3. The quantitative estimate of drug-likeness (QED) is 0.754. The van der Waals surface area contributed by atoms with Gasteiger partial charge in [-0.1, -0.05) is 17.3 Å². The summed E-state index contributed by atoms with van der Waals surface area (Å²) in [4.78, 5) is 11.7. The van der Waals surface area contributed by atoms with E-state index in [1.807, 2.05) is 0 Å². The van der Waals surface area contributed by atoms with E-state index < -0.39 is 23.5 Å². The van der Waals surface area contributed by atoms with Gasteiger partial charge in [-0.05, 0) is 30.3 Å². The number of ether oxygens (including phenoxy) is 1. The van der Waals surface area contributed by atoms with E-state index in [0.717, 1.165) is 6.07 Å². The smallest absolute Gasteiger partial charge is 0.412 e. The van der Waals surface area contributed by atoms with Crippen LogP contribution in [-0.2, 0) is 17.9 Å². The van der Waals surface area contributed by atoms with Gasteiger partial charge < -0.3 is 4.74 Å².